The number of benzene rings is 2. The second-order valence-corrected chi connectivity index (χ2v) is 5.21. The van der Waals surface area contributed by atoms with Crippen molar-refractivity contribution in [3.8, 4) is 17.6 Å². The molecule has 9 nitrogen and oxygen atoms in total. The zero-order valence-electron chi connectivity index (χ0n) is 13.2. The maximum absolute atomic E-state index is 11.7. The molecular weight excluding hydrogens is 336 g/mol. The maximum Gasteiger partial charge on any atom is 0.259 e. The summed E-state index contributed by atoms with van der Waals surface area (Å²) in [6.07, 6.45) is 0. The Hall–Kier alpha value is -4.19. The van der Waals surface area contributed by atoms with E-state index in [1.54, 1.807) is 36.4 Å². The number of hydrazone groups is 1. The van der Waals surface area contributed by atoms with Gasteiger partial charge >= 0.3 is 0 Å². The Labute approximate surface area is 147 Å². The Morgan fingerprint density at radius 2 is 1.77 bits per heavy atom. The third-order valence-electron chi connectivity index (χ3n) is 3.46. The minimum Gasteiger partial charge on any atom is -0.457 e. The molecule has 0 spiro atoms. The van der Waals surface area contributed by atoms with Gasteiger partial charge in [0.25, 0.3) is 11.8 Å². The molecule has 0 fully saturated rings. The highest BCUT2D eigenvalue weighted by atomic mass is 16.5. The van der Waals surface area contributed by atoms with Crippen LogP contribution in [0.3, 0.4) is 0 Å². The number of amides is 2. The summed E-state index contributed by atoms with van der Waals surface area (Å²) in [5.41, 5.74) is 8.73. The number of hydrogen-bond acceptors (Lipinski definition) is 7. The zero-order valence-corrected chi connectivity index (χ0v) is 13.2. The molecule has 0 atom stereocenters. The normalized spacial score (nSPS) is 12.8. The van der Waals surface area contributed by atoms with Gasteiger partial charge in [-0.15, -0.1) is 0 Å². The highest BCUT2D eigenvalue weighted by Crippen LogP contribution is 2.27. The van der Waals surface area contributed by atoms with Crippen LogP contribution in [0.25, 0.3) is 0 Å². The van der Waals surface area contributed by atoms with Crippen molar-refractivity contribution >= 4 is 29.0 Å². The van der Waals surface area contributed by atoms with Gasteiger partial charge in [-0.05, 0) is 42.5 Å². The fourth-order valence-electron chi connectivity index (χ4n) is 2.21. The number of anilines is 1. The molecule has 0 aliphatic carbocycles. The highest BCUT2D eigenvalue weighted by Gasteiger charge is 2.26. The Balaban J connectivity index is 1.72. The molecule has 128 valence electrons. The van der Waals surface area contributed by atoms with Crippen LogP contribution in [-0.4, -0.2) is 23.4 Å². The maximum atomic E-state index is 11.7. The molecule has 0 bridgehead atoms. The first kappa shape index (κ1) is 16.7. The van der Waals surface area contributed by atoms with E-state index >= 15 is 0 Å². The molecule has 9 heteroatoms. The third-order valence-corrected chi connectivity index (χ3v) is 3.46. The first-order chi connectivity index (χ1) is 12.5. The zero-order chi connectivity index (χ0) is 18.7. The predicted molar refractivity (Wildman–Crippen MR) is 93.3 cm³/mol. The fraction of sp³-hybridized carbons (Fsp3) is 0. The molecule has 1 aliphatic rings. The van der Waals surface area contributed by atoms with E-state index in [1.165, 1.54) is 12.1 Å². The van der Waals surface area contributed by atoms with Gasteiger partial charge in [0.15, 0.2) is 5.84 Å². The van der Waals surface area contributed by atoms with E-state index in [4.69, 9.17) is 21.1 Å². The van der Waals surface area contributed by atoms with Crippen LogP contribution < -0.4 is 21.2 Å². The summed E-state index contributed by atoms with van der Waals surface area (Å²) in [6.45, 7) is 0. The average molecular weight is 348 g/mol. The molecule has 3 rings (SSSR count). The number of hydrogen-bond donors (Lipinski definition) is 4. The molecule has 0 radical (unpaired) electrons. The van der Waals surface area contributed by atoms with Crippen molar-refractivity contribution in [1.29, 1.82) is 10.7 Å². The van der Waals surface area contributed by atoms with Crippen LogP contribution in [0.5, 0.6) is 11.5 Å². The number of carbonyl (C=O) groups excluding carboxylic acids is 2. The smallest absolute Gasteiger partial charge is 0.259 e. The lowest BCUT2D eigenvalue weighted by atomic mass is 10.1. The number of ether oxygens (including phenoxy) is 1. The summed E-state index contributed by atoms with van der Waals surface area (Å²) in [4.78, 5) is 23.2. The minimum absolute atomic E-state index is 0.226. The second-order valence-electron chi connectivity index (χ2n) is 5.21. The summed E-state index contributed by atoms with van der Waals surface area (Å²) in [7, 11) is 0. The number of fused-ring (bicyclic) bond motifs is 1. The molecule has 0 saturated carbocycles. The monoisotopic (exact) mass is 348 g/mol. The van der Waals surface area contributed by atoms with Crippen molar-refractivity contribution in [1.82, 2.24) is 5.32 Å². The van der Waals surface area contributed by atoms with Crippen LogP contribution in [0.1, 0.15) is 20.7 Å². The molecule has 0 saturated heterocycles. The molecule has 5 N–H and O–H groups in total. The van der Waals surface area contributed by atoms with Crippen molar-refractivity contribution in [3.05, 3.63) is 53.6 Å². The molecule has 2 aromatic rings. The lowest BCUT2D eigenvalue weighted by Gasteiger charge is -2.07. The van der Waals surface area contributed by atoms with Gasteiger partial charge in [-0.1, -0.05) is 0 Å². The van der Waals surface area contributed by atoms with E-state index in [-0.39, 0.29) is 11.3 Å². The van der Waals surface area contributed by atoms with Crippen molar-refractivity contribution in [3.63, 3.8) is 0 Å². The van der Waals surface area contributed by atoms with Gasteiger partial charge < -0.3 is 10.5 Å². The van der Waals surface area contributed by atoms with Gasteiger partial charge in [-0.25, -0.2) is 0 Å². The van der Waals surface area contributed by atoms with E-state index in [0.717, 1.165) is 0 Å². The van der Waals surface area contributed by atoms with Crippen LogP contribution >= 0.6 is 0 Å². The van der Waals surface area contributed by atoms with Gasteiger partial charge in [0, 0.05) is 0 Å². The number of rotatable bonds is 5. The first-order valence-electron chi connectivity index (χ1n) is 7.34. The molecule has 0 aromatic heterocycles. The van der Waals surface area contributed by atoms with Crippen LogP contribution in [0.2, 0.25) is 0 Å². The van der Waals surface area contributed by atoms with Gasteiger partial charge in [0.05, 0.1) is 16.8 Å². The molecule has 26 heavy (non-hydrogen) atoms. The van der Waals surface area contributed by atoms with E-state index in [2.05, 4.69) is 15.8 Å². The predicted octanol–water partition coefficient (Wildman–Crippen LogP) is 1.59. The topological polar surface area (TPSA) is 153 Å². The fourth-order valence-corrected chi connectivity index (χ4v) is 2.21. The number of imide groups is 1. The largest absolute Gasteiger partial charge is 0.457 e. The summed E-state index contributed by atoms with van der Waals surface area (Å²) in [5, 5.41) is 21.9. The Morgan fingerprint density at radius 3 is 2.42 bits per heavy atom. The molecule has 1 heterocycles. The lowest BCUT2D eigenvalue weighted by Crippen LogP contribution is -2.21. The van der Waals surface area contributed by atoms with Crippen molar-refractivity contribution in [2.24, 2.45) is 10.8 Å². The lowest BCUT2D eigenvalue weighted by molar-refractivity contribution is 0.0879. The Morgan fingerprint density at radius 1 is 1.12 bits per heavy atom. The summed E-state index contributed by atoms with van der Waals surface area (Å²) < 4.78 is 5.67. The Kier molecular flexibility index (Phi) is 4.32. The number of nitrogens with one attached hydrogen (secondary N) is 3. The first-order valence-corrected chi connectivity index (χ1v) is 7.34. The van der Waals surface area contributed by atoms with Gasteiger partial charge in [-0.2, -0.15) is 10.4 Å². The molecule has 1 aliphatic heterocycles. The standard InChI is InChI=1S/C17H12N6O3/c18-8-14(15(19)20)23-22-9-1-3-10(4-2-9)26-11-5-6-12-13(7-11)17(25)21-16(12)24/h1-7,22H,(H3,19,20)(H,21,24,25)/b23-14+. The second kappa shape index (κ2) is 6.74. The summed E-state index contributed by atoms with van der Waals surface area (Å²) in [6, 6.07) is 12.9. The molecule has 0 unspecified atom stereocenters. The van der Waals surface area contributed by atoms with Crippen molar-refractivity contribution in [2.45, 2.75) is 0 Å². The highest BCUT2D eigenvalue weighted by molar-refractivity contribution is 6.45. The van der Waals surface area contributed by atoms with Gasteiger partial charge in [-0.3, -0.25) is 25.7 Å². The molecule has 2 aromatic carbocycles. The number of nitrogens with two attached hydrogens (primary N) is 1. The SMILES string of the molecule is N#C/C(=N\Nc1ccc(Oc2ccc3c(c2)C(=O)NC3=O)cc1)C(=N)N. The number of carbonyl (C=O) groups is 2. The van der Waals surface area contributed by atoms with Crippen LogP contribution in [0.4, 0.5) is 5.69 Å². The molecule has 2 amide bonds. The molecular formula is C17H12N6O3. The van der Waals surface area contributed by atoms with Crippen molar-refractivity contribution < 1.29 is 14.3 Å². The van der Waals surface area contributed by atoms with E-state index in [9.17, 15) is 9.59 Å². The van der Waals surface area contributed by atoms with E-state index < -0.39 is 17.6 Å². The number of amidine groups is 1. The minimum atomic E-state index is -0.452. The van der Waals surface area contributed by atoms with Gasteiger partial charge in [0.2, 0.25) is 5.71 Å². The third kappa shape index (κ3) is 3.34. The Bertz CT molecular complexity index is 989. The van der Waals surface area contributed by atoms with Crippen LogP contribution in [0.15, 0.2) is 47.6 Å². The van der Waals surface area contributed by atoms with Gasteiger partial charge in [0.1, 0.15) is 17.6 Å². The van der Waals surface area contributed by atoms with Crippen LogP contribution in [0, 0.1) is 16.7 Å². The van der Waals surface area contributed by atoms with E-state index in [0.29, 0.717) is 22.7 Å². The number of nitriles is 1. The average Bonchev–Trinajstić information content (AvgIpc) is 2.90. The van der Waals surface area contributed by atoms with Crippen LogP contribution in [-0.2, 0) is 0 Å². The number of nitrogens with zero attached hydrogens (tertiary/aromatic N) is 2. The summed E-state index contributed by atoms with van der Waals surface area (Å²) >= 11 is 0. The van der Waals surface area contributed by atoms with Crippen molar-refractivity contribution in [2.75, 3.05) is 5.43 Å². The van der Waals surface area contributed by atoms with E-state index in [1.807, 2.05) is 0 Å². The quantitative estimate of drug-likeness (QED) is 0.278. The summed E-state index contributed by atoms with van der Waals surface area (Å²) in [5.74, 6) is -0.396.